The van der Waals surface area contributed by atoms with E-state index in [0.29, 0.717) is 5.56 Å². The van der Waals surface area contributed by atoms with Crippen LogP contribution in [0.25, 0.3) is 0 Å². The molecule has 2 rings (SSSR count). The van der Waals surface area contributed by atoms with Crippen molar-refractivity contribution < 1.29 is 14.3 Å². The van der Waals surface area contributed by atoms with Crippen molar-refractivity contribution in [3.63, 3.8) is 0 Å². The molecule has 0 saturated heterocycles. The Labute approximate surface area is 132 Å². The Morgan fingerprint density at radius 2 is 1.68 bits per heavy atom. The lowest BCUT2D eigenvalue weighted by atomic mass is 9.83. The normalized spacial score (nSPS) is 16.9. The van der Waals surface area contributed by atoms with Crippen molar-refractivity contribution in [3.05, 3.63) is 34.9 Å². The van der Waals surface area contributed by atoms with E-state index in [1.807, 2.05) is 32.0 Å². The number of aryl methyl sites for hydroxylation is 2. The number of methoxy groups -OCH3 is 1. The lowest BCUT2D eigenvalue weighted by Gasteiger charge is -2.29. The van der Waals surface area contributed by atoms with Crippen LogP contribution in [-0.4, -0.2) is 25.0 Å². The molecule has 4 heteroatoms. The van der Waals surface area contributed by atoms with Crippen molar-refractivity contribution in [1.29, 1.82) is 0 Å². The van der Waals surface area contributed by atoms with E-state index in [0.717, 1.165) is 36.8 Å². The van der Waals surface area contributed by atoms with Crippen LogP contribution in [-0.2, 0) is 9.53 Å². The summed E-state index contributed by atoms with van der Waals surface area (Å²) >= 11 is 0. The van der Waals surface area contributed by atoms with Crippen LogP contribution in [0.3, 0.4) is 0 Å². The fourth-order valence-corrected chi connectivity index (χ4v) is 3.29. The third kappa shape index (κ3) is 4.09. The van der Waals surface area contributed by atoms with E-state index >= 15 is 0 Å². The maximum atomic E-state index is 12.5. The van der Waals surface area contributed by atoms with Crippen molar-refractivity contribution in [2.24, 2.45) is 5.92 Å². The van der Waals surface area contributed by atoms with Gasteiger partial charge in [0.15, 0.2) is 0 Å². The van der Waals surface area contributed by atoms with Crippen LogP contribution in [0.4, 0.5) is 0 Å². The number of carbonyl (C=O) groups is 2. The second-order valence-corrected chi connectivity index (χ2v) is 6.25. The zero-order chi connectivity index (χ0) is 16.1. The molecule has 1 atom stereocenters. The van der Waals surface area contributed by atoms with Gasteiger partial charge in [0.05, 0.1) is 7.11 Å². The van der Waals surface area contributed by atoms with Gasteiger partial charge in [0.2, 0.25) is 0 Å². The van der Waals surface area contributed by atoms with Gasteiger partial charge in [0, 0.05) is 5.56 Å². The quantitative estimate of drug-likeness (QED) is 0.869. The van der Waals surface area contributed by atoms with Crippen molar-refractivity contribution in [1.82, 2.24) is 5.32 Å². The van der Waals surface area contributed by atoms with Gasteiger partial charge in [0.1, 0.15) is 6.04 Å². The Hall–Kier alpha value is -1.84. The van der Waals surface area contributed by atoms with E-state index in [9.17, 15) is 9.59 Å². The van der Waals surface area contributed by atoms with Gasteiger partial charge in [-0.1, -0.05) is 36.5 Å². The number of rotatable bonds is 4. The minimum Gasteiger partial charge on any atom is -0.467 e. The van der Waals surface area contributed by atoms with E-state index in [1.54, 1.807) is 0 Å². The molecule has 0 aromatic heterocycles. The van der Waals surface area contributed by atoms with Crippen LogP contribution in [0.5, 0.6) is 0 Å². The summed E-state index contributed by atoms with van der Waals surface area (Å²) in [5.41, 5.74) is 2.68. The molecule has 1 saturated carbocycles. The Kier molecular flexibility index (Phi) is 5.58. The van der Waals surface area contributed by atoms with Crippen molar-refractivity contribution >= 4 is 11.9 Å². The summed E-state index contributed by atoms with van der Waals surface area (Å²) in [4.78, 5) is 24.6. The monoisotopic (exact) mass is 303 g/mol. The highest BCUT2D eigenvalue weighted by Gasteiger charge is 2.31. The number of esters is 1. The van der Waals surface area contributed by atoms with Gasteiger partial charge in [-0.15, -0.1) is 0 Å². The first-order chi connectivity index (χ1) is 10.5. The Morgan fingerprint density at radius 1 is 1.09 bits per heavy atom. The zero-order valence-corrected chi connectivity index (χ0v) is 13.6. The first kappa shape index (κ1) is 16.5. The molecule has 1 N–H and O–H groups in total. The second-order valence-electron chi connectivity index (χ2n) is 6.25. The average molecular weight is 303 g/mol. The summed E-state index contributed by atoms with van der Waals surface area (Å²) in [6.07, 6.45) is 5.35. The fraction of sp³-hybridized carbons (Fsp3) is 0.556. The summed E-state index contributed by atoms with van der Waals surface area (Å²) in [5, 5.41) is 2.89. The standard InChI is InChI=1S/C18H25NO3/c1-12-9-13(2)11-15(10-12)17(20)19-16(18(21)22-3)14-7-5-4-6-8-14/h9-11,14,16H,4-8H2,1-3H3,(H,19,20)/t16-/m0/s1. The predicted octanol–water partition coefficient (Wildman–Crippen LogP) is 3.16. The third-order valence-corrected chi connectivity index (χ3v) is 4.35. The topological polar surface area (TPSA) is 55.4 Å². The number of amides is 1. The lowest BCUT2D eigenvalue weighted by molar-refractivity contribution is -0.144. The largest absolute Gasteiger partial charge is 0.467 e. The SMILES string of the molecule is COC(=O)[C@@H](NC(=O)c1cc(C)cc(C)c1)C1CCCCC1. The molecule has 4 nitrogen and oxygen atoms in total. The molecular formula is C18H25NO3. The highest BCUT2D eigenvalue weighted by atomic mass is 16.5. The number of hydrogen-bond acceptors (Lipinski definition) is 3. The summed E-state index contributed by atoms with van der Waals surface area (Å²) in [6, 6.07) is 5.17. The van der Waals surface area contributed by atoms with Crippen molar-refractivity contribution in [2.75, 3.05) is 7.11 Å². The van der Waals surface area contributed by atoms with E-state index in [2.05, 4.69) is 5.32 Å². The number of carbonyl (C=O) groups excluding carboxylic acids is 2. The molecule has 120 valence electrons. The van der Waals surface area contributed by atoms with Gasteiger partial charge in [-0.3, -0.25) is 4.79 Å². The van der Waals surface area contributed by atoms with Crippen LogP contribution in [0.1, 0.15) is 53.6 Å². The van der Waals surface area contributed by atoms with Gasteiger partial charge >= 0.3 is 5.97 Å². The second kappa shape index (κ2) is 7.43. The van der Waals surface area contributed by atoms with Crippen LogP contribution < -0.4 is 5.32 Å². The molecule has 0 spiro atoms. The molecule has 0 aliphatic heterocycles. The van der Waals surface area contributed by atoms with E-state index in [-0.39, 0.29) is 17.8 Å². The molecular weight excluding hydrogens is 278 g/mol. The first-order valence-corrected chi connectivity index (χ1v) is 7.98. The van der Waals surface area contributed by atoms with Gasteiger partial charge < -0.3 is 10.1 Å². The molecule has 0 radical (unpaired) electrons. The molecule has 1 amide bonds. The highest BCUT2D eigenvalue weighted by molar-refractivity contribution is 5.97. The van der Waals surface area contributed by atoms with E-state index < -0.39 is 6.04 Å². The maximum absolute atomic E-state index is 12.5. The van der Waals surface area contributed by atoms with E-state index in [4.69, 9.17) is 4.74 Å². The average Bonchev–Trinajstić information content (AvgIpc) is 2.51. The molecule has 1 fully saturated rings. The van der Waals surface area contributed by atoms with Gasteiger partial charge in [-0.2, -0.15) is 0 Å². The Balaban J connectivity index is 2.14. The minimum atomic E-state index is -0.543. The third-order valence-electron chi connectivity index (χ3n) is 4.35. The van der Waals surface area contributed by atoms with Gasteiger partial charge in [-0.05, 0) is 44.7 Å². The summed E-state index contributed by atoms with van der Waals surface area (Å²) in [7, 11) is 1.38. The molecule has 0 unspecified atom stereocenters. The van der Waals surface area contributed by atoms with Crippen LogP contribution in [0.15, 0.2) is 18.2 Å². The van der Waals surface area contributed by atoms with Crippen LogP contribution in [0, 0.1) is 19.8 Å². The molecule has 1 aromatic rings. The van der Waals surface area contributed by atoms with Gasteiger partial charge in [0.25, 0.3) is 5.91 Å². The van der Waals surface area contributed by atoms with E-state index in [1.165, 1.54) is 13.5 Å². The number of nitrogens with one attached hydrogen (secondary N) is 1. The van der Waals surface area contributed by atoms with Crippen LogP contribution >= 0.6 is 0 Å². The van der Waals surface area contributed by atoms with Crippen LogP contribution in [0.2, 0.25) is 0 Å². The van der Waals surface area contributed by atoms with Crippen molar-refractivity contribution in [2.45, 2.75) is 52.0 Å². The zero-order valence-electron chi connectivity index (χ0n) is 13.6. The summed E-state index contributed by atoms with van der Waals surface area (Å²) in [5.74, 6) is -0.367. The molecule has 1 aromatic carbocycles. The predicted molar refractivity (Wildman–Crippen MR) is 85.8 cm³/mol. The van der Waals surface area contributed by atoms with Gasteiger partial charge in [-0.25, -0.2) is 4.79 Å². The molecule has 1 aliphatic rings. The summed E-state index contributed by atoms with van der Waals surface area (Å²) in [6.45, 7) is 3.92. The highest BCUT2D eigenvalue weighted by Crippen LogP contribution is 2.27. The number of ether oxygens (including phenoxy) is 1. The lowest BCUT2D eigenvalue weighted by Crippen LogP contribution is -2.47. The Morgan fingerprint density at radius 3 is 2.23 bits per heavy atom. The smallest absolute Gasteiger partial charge is 0.328 e. The van der Waals surface area contributed by atoms with Crippen molar-refractivity contribution in [3.8, 4) is 0 Å². The number of benzene rings is 1. The maximum Gasteiger partial charge on any atom is 0.328 e. The molecule has 22 heavy (non-hydrogen) atoms. The minimum absolute atomic E-state index is 0.177. The Bertz CT molecular complexity index is 527. The molecule has 0 bridgehead atoms. The molecule has 1 aliphatic carbocycles. The molecule has 0 heterocycles. The fourth-order valence-electron chi connectivity index (χ4n) is 3.29. The first-order valence-electron chi connectivity index (χ1n) is 7.98. The summed E-state index contributed by atoms with van der Waals surface area (Å²) < 4.78 is 4.90. The number of hydrogen-bond donors (Lipinski definition) is 1.